The van der Waals surface area contributed by atoms with E-state index in [4.69, 9.17) is 0 Å². The Kier molecular flexibility index (Phi) is 3.71. The third-order valence-corrected chi connectivity index (χ3v) is 2.20. The first kappa shape index (κ1) is 10.8. The molecule has 1 aromatic rings. The van der Waals surface area contributed by atoms with Gasteiger partial charge in [-0.05, 0) is 19.1 Å². The van der Waals surface area contributed by atoms with Crippen molar-refractivity contribution in [3.63, 3.8) is 0 Å². The Bertz CT molecular complexity index is 307. The van der Waals surface area contributed by atoms with Crippen LogP contribution < -0.4 is 5.32 Å². The summed E-state index contributed by atoms with van der Waals surface area (Å²) in [7, 11) is 3.36. The first-order valence-electron chi connectivity index (χ1n) is 4.56. The molecule has 0 bridgehead atoms. The Morgan fingerprint density at radius 2 is 2.43 bits per heavy atom. The minimum absolute atomic E-state index is 0.237. The van der Waals surface area contributed by atoms with E-state index in [0.29, 0.717) is 6.54 Å². The van der Waals surface area contributed by atoms with Gasteiger partial charge in [0.25, 0.3) is 0 Å². The fraction of sp³-hybridized carbons (Fsp3) is 0.500. The summed E-state index contributed by atoms with van der Waals surface area (Å²) in [6.45, 7) is 2.45. The van der Waals surface area contributed by atoms with E-state index in [-0.39, 0.29) is 12.0 Å². The predicted octanol–water partition coefficient (Wildman–Crippen LogP) is 0.676. The number of aryl methyl sites for hydroxylation is 1. The number of methoxy groups -OCH3 is 1. The van der Waals surface area contributed by atoms with E-state index in [1.165, 1.54) is 7.11 Å². The Morgan fingerprint density at radius 3 is 2.93 bits per heavy atom. The van der Waals surface area contributed by atoms with E-state index in [0.717, 1.165) is 5.69 Å². The maximum Gasteiger partial charge on any atom is 0.322 e. The van der Waals surface area contributed by atoms with Gasteiger partial charge in [0, 0.05) is 25.5 Å². The second-order valence-electron chi connectivity index (χ2n) is 3.24. The summed E-state index contributed by atoms with van der Waals surface area (Å²) in [6.07, 6.45) is 1.97. The van der Waals surface area contributed by atoms with Crippen LogP contribution in [0.25, 0.3) is 0 Å². The fourth-order valence-corrected chi connectivity index (χ4v) is 1.20. The highest BCUT2D eigenvalue weighted by atomic mass is 16.5. The van der Waals surface area contributed by atoms with Gasteiger partial charge in [0.15, 0.2) is 0 Å². The molecule has 0 saturated carbocycles. The van der Waals surface area contributed by atoms with Crippen LogP contribution in [0.4, 0.5) is 0 Å². The Hall–Kier alpha value is -1.29. The van der Waals surface area contributed by atoms with Crippen LogP contribution >= 0.6 is 0 Å². The molecule has 0 radical (unpaired) electrons. The second-order valence-corrected chi connectivity index (χ2v) is 3.24. The van der Waals surface area contributed by atoms with Crippen LogP contribution in [0, 0.1) is 0 Å². The lowest BCUT2D eigenvalue weighted by molar-refractivity contribution is -0.142. The van der Waals surface area contributed by atoms with Crippen LogP contribution in [-0.4, -0.2) is 23.7 Å². The molecule has 1 atom stereocenters. The molecular weight excluding hydrogens is 180 g/mol. The molecule has 1 rings (SSSR count). The molecule has 4 heteroatoms. The molecule has 0 spiro atoms. The van der Waals surface area contributed by atoms with Crippen molar-refractivity contribution in [3.8, 4) is 0 Å². The second kappa shape index (κ2) is 4.81. The van der Waals surface area contributed by atoms with Gasteiger partial charge in [0.05, 0.1) is 7.11 Å². The van der Waals surface area contributed by atoms with Crippen LogP contribution in [0.1, 0.15) is 12.6 Å². The lowest BCUT2D eigenvalue weighted by atomic mass is 10.3. The Morgan fingerprint density at radius 1 is 1.71 bits per heavy atom. The van der Waals surface area contributed by atoms with Crippen LogP contribution in [0.2, 0.25) is 0 Å². The fourth-order valence-electron chi connectivity index (χ4n) is 1.20. The maximum atomic E-state index is 11.1. The van der Waals surface area contributed by atoms with Gasteiger partial charge in [-0.3, -0.25) is 10.1 Å². The quantitative estimate of drug-likeness (QED) is 0.720. The maximum absolute atomic E-state index is 11.1. The number of hydrogen-bond donors (Lipinski definition) is 1. The molecule has 78 valence electrons. The molecule has 0 fully saturated rings. The van der Waals surface area contributed by atoms with Crippen molar-refractivity contribution in [2.75, 3.05) is 7.11 Å². The van der Waals surface area contributed by atoms with Crippen molar-refractivity contribution >= 4 is 5.97 Å². The summed E-state index contributed by atoms with van der Waals surface area (Å²) in [6, 6.07) is 3.71. The predicted molar refractivity (Wildman–Crippen MR) is 53.7 cm³/mol. The van der Waals surface area contributed by atoms with Crippen LogP contribution in [0.3, 0.4) is 0 Å². The zero-order chi connectivity index (χ0) is 10.6. The number of nitrogens with one attached hydrogen (secondary N) is 1. The lowest BCUT2D eigenvalue weighted by Gasteiger charge is -2.11. The van der Waals surface area contributed by atoms with E-state index >= 15 is 0 Å². The zero-order valence-corrected chi connectivity index (χ0v) is 8.78. The number of rotatable bonds is 4. The standard InChI is InChI=1S/C10H16N2O2/c1-8(10(13)14-3)11-7-9-5-4-6-12(9)2/h4-6,8,11H,7H2,1-3H3. The number of carbonyl (C=O) groups is 1. The minimum atomic E-state index is -0.269. The van der Waals surface area contributed by atoms with Crippen LogP contribution in [0.5, 0.6) is 0 Å². The first-order valence-corrected chi connectivity index (χ1v) is 4.56. The highest BCUT2D eigenvalue weighted by Crippen LogP contribution is 1.99. The summed E-state index contributed by atoms with van der Waals surface area (Å²) in [5.41, 5.74) is 1.14. The SMILES string of the molecule is COC(=O)C(C)NCc1cccn1C. The molecule has 1 aromatic heterocycles. The molecule has 0 aromatic carbocycles. The van der Waals surface area contributed by atoms with Gasteiger partial charge in [0.1, 0.15) is 6.04 Å². The van der Waals surface area contributed by atoms with Crippen molar-refractivity contribution < 1.29 is 9.53 Å². The molecule has 4 nitrogen and oxygen atoms in total. The van der Waals surface area contributed by atoms with Crippen molar-refractivity contribution in [1.82, 2.24) is 9.88 Å². The van der Waals surface area contributed by atoms with E-state index in [9.17, 15) is 4.79 Å². The van der Waals surface area contributed by atoms with E-state index in [2.05, 4.69) is 10.1 Å². The molecule has 0 aliphatic rings. The Labute approximate surface area is 83.9 Å². The summed E-state index contributed by atoms with van der Waals surface area (Å²) in [5.74, 6) is -0.237. The summed E-state index contributed by atoms with van der Waals surface area (Å²) >= 11 is 0. The Balaban J connectivity index is 2.41. The monoisotopic (exact) mass is 196 g/mol. The smallest absolute Gasteiger partial charge is 0.322 e. The number of hydrogen-bond acceptors (Lipinski definition) is 3. The van der Waals surface area contributed by atoms with Gasteiger partial charge in [-0.1, -0.05) is 0 Å². The summed E-state index contributed by atoms with van der Waals surface area (Å²) in [5, 5.41) is 3.08. The van der Waals surface area contributed by atoms with Gasteiger partial charge >= 0.3 is 5.97 Å². The first-order chi connectivity index (χ1) is 6.65. The van der Waals surface area contributed by atoms with Crippen molar-refractivity contribution in [2.24, 2.45) is 7.05 Å². The van der Waals surface area contributed by atoms with Crippen molar-refractivity contribution in [2.45, 2.75) is 19.5 Å². The number of carbonyl (C=O) groups excluding carboxylic acids is 1. The molecule has 0 aliphatic carbocycles. The van der Waals surface area contributed by atoms with Crippen molar-refractivity contribution in [1.29, 1.82) is 0 Å². The average molecular weight is 196 g/mol. The molecule has 0 aliphatic heterocycles. The number of nitrogens with zero attached hydrogens (tertiary/aromatic N) is 1. The van der Waals surface area contributed by atoms with Crippen molar-refractivity contribution in [3.05, 3.63) is 24.0 Å². The van der Waals surface area contributed by atoms with E-state index in [1.54, 1.807) is 6.92 Å². The van der Waals surface area contributed by atoms with Gasteiger partial charge in [-0.2, -0.15) is 0 Å². The number of aromatic nitrogens is 1. The molecule has 1 heterocycles. The van der Waals surface area contributed by atoms with Gasteiger partial charge in [0.2, 0.25) is 0 Å². The highest BCUT2D eigenvalue weighted by molar-refractivity contribution is 5.75. The van der Waals surface area contributed by atoms with Gasteiger partial charge in [-0.25, -0.2) is 0 Å². The largest absolute Gasteiger partial charge is 0.468 e. The summed E-state index contributed by atoms with van der Waals surface area (Å²) in [4.78, 5) is 11.1. The van der Waals surface area contributed by atoms with Crippen LogP contribution in [-0.2, 0) is 23.1 Å². The molecule has 1 N–H and O–H groups in total. The lowest BCUT2D eigenvalue weighted by Crippen LogP contribution is -2.34. The normalized spacial score (nSPS) is 12.5. The highest BCUT2D eigenvalue weighted by Gasteiger charge is 2.11. The third kappa shape index (κ3) is 2.60. The van der Waals surface area contributed by atoms with E-state index in [1.807, 2.05) is 29.9 Å². The third-order valence-electron chi connectivity index (χ3n) is 2.20. The topological polar surface area (TPSA) is 43.3 Å². The number of esters is 1. The molecule has 0 amide bonds. The molecule has 1 unspecified atom stereocenters. The molecule has 14 heavy (non-hydrogen) atoms. The average Bonchev–Trinajstić information content (AvgIpc) is 2.59. The summed E-state index contributed by atoms with van der Waals surface area (Å²) < 4.78 is 6.61. The zero-order valence-electron chi connectivity index (χ0n) is 8.78. The molecular formula is C10H16N2O2. The number of ether oxygens (including phenoxy) is 1. The van der Waals surface area contributed by atoms with Crippen LogP contribution in [0.15, 0.2) is 18.3 Å². The molecule has 0 saturated heterocycles. The minimum Gasteiger partial charge on any atom is -0.468 e. The van der Waals surface area contributed by atoms with Gasteiger partial charge < -0.3 is 9.30 Å². The van der Waals surface area contributed by atoms with Gasteiger partial charge in [-0.15, -0.1) is 0 Å². The van der Waals surface area contributed by atoms with E-state index < -0.39 is 0 Å².